The van der Waals surface area contributed by atoms with Gasteiger partial charge in [0.15, 0.2) is 6.10 Å². The number of esters is 1. The second kappa shape index (κ2) is 8.01. The van der Waals surface area contributed by atoms with Crippen LogP contribution in [0.3, 0.4) is 0 Å². The first-order valence-corrected chi connectivity index (χ1v) is 9.36. The van der Waals surface area contributed by atoms with Crippen LogP contribution in [-0.2, 0) is 14.3 Å². The summed E-state index contributed by atoms with van der Waals surface area (Å²) in [5, 5.41) is 3.27. The molecule has 1 fully saturated rings. The highest BCUT2D eigenvalue weighted by molar-refractivity contribution is 6.30. The second-order valence-electron chi connectivity index (χ2n) is 6.84. The predicted molar refractivity (Wildman–Crippen MR) is 107 cm³/mol. The summed E-state index contributed by atoms with van der Waals surface area (Å²) in [6, 6.07) is 9.38. The number of hydrogen-bond acceptors (Lipinski definition) is 3. The quantitative estimate of drug-likeness (QED) is 0.579. The summed E-state index contributed by atoms with van der Waals surface area (Å²) < 4.78 is 7.51. The van der Waals surface area contributed by atoms with Gasteiger partial charge in [0, 0.05) is 34.2 Å². The van der Waals surface area contributed by atoms with Crippen molar-refractivity contribution in [3.05, 3.63) is 58.4 Å². The number of carbonyl (C=O) groups excluding carboxylic acids is 2. The van der Waals surface area contributed by atoms with Gasteiger partial charge in [-0.2, -0.15) is 0 Å². The molecule has 1 aromatic carbocycles. The van der Waals surface area contributed by atoms with Crippen LogP contribution in [-0.4, -0.2) is 22.5 Å². The summed E-state index contributed by atoms with van der Waals surface area (Å²) in [4.78, 5) is 24.2. The Balaban J connectivity index is 1.56. The van der Waals surface area contributed by atoms with Crippen LogP contribution in [0, 0.1) is 13.8 Å². The molecule has 6 heteroatoms. The molecule has 1 amide bonds. The average Bonchev–Trinajstić information content (AvgIpc) is 3.41. The average molecular weight is 387 g/mol. The van der Waals surface area contributed by atoms with E-state index in [1.807, 2.05) is 0 Å². The number of carbonyl (C=O) groups is 2. The lowest BCUT2D eigenvalue weighted by molar-refractivity contribution is -0.148. The van der Waals surface area contributed by atoms with E-state index in [2.05, 4.69) is 29.8 Å². The molecule has 1 aromatic heterocycles. The first-order valence-electron chi connectivity index (χ1n) is 8.98. The van der Waals surface area contributed by atoms with Gasteiger partial charge in [-0.05, 0) is 75.6 Å². The van der Waals surface area contributed by atoms with Crippen molar-refractivity contribution in [2.24, 2.45) is 0 Å². The van der Waals surface area contributed by atoms with E-state index >= 15 is 0 Å². The van der Waals surface area contributed by atoms with Gasteiger partial charge in [-0.15, -0.1) is 0 Å². The summed E-state index contributed by atoms with van der Waals surface area (Å²) in [5.74, 6) is -0.948. The molecule has 0 bridgehead atoms. The Labute approximate surface area is 164 Å². The van der Waals surface area contributed by atoms with Crippen molar-refractivity contribution in [3.8, 4) is 0 Å². The molecular formula is C21H23ClN2O3. The van der Waals surface area contributed by atoms with E-state index in [1.54, 1.807) is 30.3 Å². The number of hydrogen-bond donors (Lipinski definition) is 1. The maximum atomic E-state index is 12.1. The maximum Gasteiger partial charge on any atom is 0.331 e. The summed E-state index contributed by atoms with van der Waals surface area (Å²) in [7, 11) is 0. The van der Waals surface area contributed by atoms with Crippen molar-refractivity contribution in [1.82, 2.24) is 4.57 Å². The van der Waals surface area contributed by atoms with Crippen LogP contribution in [0.5, 0.6) is 0 Å². The van der Waals surface area contributed by atoms with E-state index in [9.17, 15) is 9.59 Å². The lowest BCUT2D eigenvalue weighted by atomic mass is 10.2. The van der Waals surface area contributed by atoms with E-state index in [4.69, 9.17) is 16.3 Å². The number of nitrogens with one attached hydrogen (secondary N) is 1. The monoisotopic (exact) mass is 386 g/mol. The Bertz CT molecular complexity index is 880. The zero-order chi connectivity index (χ0) is 19.6. The van der Waals surface area contributed by atoms with Crippen LogP contribution in [0.15, 0.2) is 36.4 Å². The molecule has 3 rings (SSSR count). The highest BCUT2D eigenvalue weighted by Gasteiger charge is 2.26. The molecule has 5 nitrogen and oxygen atoms in total. The van der Waals surface area contributed by atoms with Gasteiger partial charge >= 0.3 is 5.97 Å². The van der Waals surface area contributed by atoms with Crippen LogP contribution in [0.25, 0.3) is 6.08 Å². The minimum absolute atomic E-state index is 0.397. The van der Waals surface area contributed by atoms with Crippen molar-refractivity contribution >= 4 is 35.2 Å². The highest BCUT2D eigenvalue weighted by atomic mass is 35.5. The van der Waals surface area contributed by atoms with E-state index in [0.717, 1.165) is 11.3 Å². The smallest absolute Gasteiger partial charge is 0.331 e. The van der Waals surface area contributed by atoms with Crippen molar-refractivity contribution in [2.45, 2.75) is 45.8 Å². The van der Waals surface area contributed by atoms with Crippen LogP contribution >= 0.6 is 11.6 Å². The molecule has 1 saturated carbocycles. The van der Waals surface area contributed by atoms with E-state index < -0.39 is 18.0 Å². The van der Waals surface area contributed by atoms with Gasteiger partial charge in [0.25, 0.3) is 5.91 Å². The molecule has 0 saturated heterocycles. The number of anilines is 1. The zero-order valence-corrected chi connectivity index (χ0v) is 16.4. The van der Waals surface area contributed by atoms with Gasteiger partial charge in [-0.1, -0.05) is 11.6 Å². The molecule has 27 heavy (non-hydrogen) atoms. The maximum absolute atomic E-state index is 12.1. The third-order valence-electron chi connectivity index (χ3n) is 4.61. The minimum Gasteiger partial charge on any atom is -0.449 e. The molecule has 0 unspecified atom stereocenters. The van der Waals surface area contributed by atoms with Crippen molar-refractivity contribution in [2.75, 3.05) is 5.32 Å². The summed E-state index contributed by atoms with van der Waals surface area (Å²) in [6.45, 7) is 5.67. The third kappa shape index (κ3) is 4.80. The number of benzene rings is 1. The van der Waals surface area contributed by atoms with Crippen molar-refractivity contribution in [1.29, 1.82) is 0 Å². The third-order valence-corrected chi connectivity index (χ3v) is 4.86. The number of nitrogens with zero attached hydrogens (tertiary/aromatic N) is 1. The minimum atomic E-state index is -0.906. The molecule has 0 radical (unpaired) electrons. The molecule has 1 aliphatic carbocycles. The molecule has 142 valence electrons. The lowest BCUT2D eigenvalue weighted by Crippen LogP contribution is -2.29. The molecule has 0 aliphatic heterocycles. The predicted octanol–water partition coefficient (Wildman–Crippen LogP) is 4.68. The number of aryl methyl sites for hydroxylation is 1. The van der Waals surface area contributed by atoms with Crippen molar-refractivity contribution in [3.63, 3.8) is 0 Å². The van der Waals surface area contributed by atoms with Gasteiger partial charge < -0.3 is 14.6 Å². The molecule has 1 aliphatic rings. The van der Waals surface area contributed by atoms with E-state index in [1.165, 1.54) is 31.5 Å². The fraction of sp³-hybridized carbons (Fsp3) is 0.333. The Morgan fingerprint density at radius 3 is 2.56 bits per heavy atom. The summed E-state index contributed by atoms with van der Waals surface area (Å²) in [5.41, 5.74) is 3.93. The van der Waals surface area contributed by atoms with Gasteiger partial charge in [-0.3, -0.25) is 4.79 Å². The molecule has 1 N–H and O–H groups in total. The largest absolute Gasteiger partial charge is 0.449 e. The van der Waals surface area contributed by atoms with Gasteiger partial charge in [0.05, 0.1) is 0 Å². The van der Waals surface area contributed by atoms with Gasteiger partial charge in [-0.25, -0.2) is 4.79 Å². The SMILES string of the molecule is Cc1cc(/C=C/C(=O)O[C@H](C)C(=O)Nc2ccc(Cl)cc2)c(C)n1C1CC1. The van der Waals surface area contributed by atoms with Crippen LogP contribution in [0.4, 0.5) is 5.69 Å². The van der Waals surface area contributed by atoms with Crippen LogP contribution < -0.4 is 5.32 Å². The molecule has 0 spiro atoms. The van der Waals surface area contributed by atoms with Crippen LogP contribution in [0.1, 0.15) is 42.8 Å². The number of ether oxygens (including phenoxy) is 1. The number of aromatic nitrogens is 1. The second-order valence-corrected chi connectivity index (χ2v) is 7.27. The fourth-order valence-electron chi connectivity index (χ4n) is 3.07. The Morgan fingerprint density at radius 2 is 1.93 bits per heavy atom. The normalized spacial score (nSPS) is 15.0. The van der Waals surface area contributed by atoms with Gasteiger partial charge in [0.1, 0.15) is 0 Å². The first-order chi connectivity index (χ1) is 12.8. The Kier molecular flexibility index (Phi) is 5.71. The summed E-state index contributed by atoms with van der Waals surface area (Å²) >= 11 is 5.82. The number of rotatable bonds is 6. The standard InChI is InChI=1S/C21H23ClN2O3/c1-13-12-16(14(2)24(13)19-9-10-19)4-11-20(25)27-15(3)21(26)23-18-7-5-17(22)6-8-18/h4-8,11-12,15,19H,9-10H2,1-3H3,(H,23,26)/b11-4+/t15-/m1/s1. The Morgan fingerprint density at radius 1 is 1.26 bits per heavy atom. The van der Waals surface area contributed by atoms with Crippen LogP contribution in [0.2, 0.25) is 5.02 Å². The fourth-order valence-corrected chi connectivity index (χ4v) is 3.19. The first kappa shape index (κ1) is 19.2. The van der Waals surface area contributed by atoms with E-state index in [0.29, 0.717) is 16.8 Å². The molecule has 1 atom stereocenters. The molecular weight excluding hydrogens is 364 g/mol. The topological polar surface area (TPSA) is 60.3 Å². The molecule has 1 heterocycles. The number of amides is 1. The van der Waals surface area contributed by atoms with E-state index in [-0.39, 0.29) is 0 Å². The highest BCUT2D eigenvalue weighted by Crippen LogP contribution is 2.38. The lowest BCUT2D eigenvalue weighted by Gasteiger charge is -2.12. The number of halogens is 1. The molecule has 2 aromatic rings. The van der Waals surface area contributed by atoms with Crippen molar-refractivity contribution < 1.29 is 14.3 Å². The summed E-state index contributed by atoms with van der Waals surface area (Å²) in [6.07, 6.45) is 4.62. The Hall–Kier alpha value is -2.53. The zero-order valence-electron chi connectivity index (χ0n) is 15.7. The van der Waals surface area contributed by atoms with Gasteiger partial charge in [0.2, 0.25) is 0 Å².